The number of pyridine rings is 2. The Kier molecular flexibility index (Phi) is 15.7. The zero-order valence-electron chi connectivity index (χ0n) is 63.8. The van der Waals surface area contributed by atoms with Gasteiger partial charge >= 0.3 is 0 Å². The summed E-state index contributed by atoms with van der Waals surface area (Å²) in [6.45, 7) is 0. The molecule has 0 amide bonds. The molecule has 0 unspecified atom stereocenters. The van der Waals surface area contributed by atoms with Crippen LogP contribution in [0.5, 0.6) is 0 Å². The van der Waals surface area contributed by atoms with Crippen LogP contribution in [0.2, 0.25) is 0 Å². The minimum Gasteiger partial charge on any atom is -0.455 e. The molecule has 0 radical (unpaired) electrons. The molecule has 0 N–H and O–H groups in total. The van der Waals surface area contributed by atoms with Crippen LogP contribution < -0.4 is 0 Å². The largest absolute Gasteiger partial charge is 0.455 e. The predicted octanol–water partition coefficient (Wildman–Crippen LogP) is 27.1. The lowest BCUT2D eigenvalue weighted by atomic mass is 9.89. The molecule has 24 aromatic rings. The minimum atomic E-state index is 0.615. The van der Waals surface area contributed by atoms with Crippen molar-refractivity contribution in [1.29, 1.82) is 0 Å². The monoisotopic (exact) mass is 1540 g/mol. The van der Waals surface area contributed by atoms with E-state index < -0.39 is 0 Å². The summed E-state index contributed by atoms with van der Waals surface area (Å²) in [5, 5.41) is 11.4. The van der Waals surface area contributed by atoms with Gasteiger partial charge in [0.25, 0.3) is 0 Å². The third kappa shape index (κ3) is 11.7. The maximum Gasteiger partial charge on any atom is 0.164 e. The van der Waals surface area contributed by atoms with E-state index in [2.05, 4.69) is 306 Å². The fourth-order valence-corrected chi connectivity index (χ4v) is 18.6. The first kappa shape index (κ1) is 67.8. The summed E-state index contributed by atoms with van der Waals surface area (Å²) in [6, 6.07) is 123. The third-order valence-corrected chi connectivity index (χ3v) is 24.6. The Morgan fingerprint density at radius 3 is 1.18 bits per heavy atom. The van der Waals surface area contributed by atoms with Gasteiger partial charge in [-0.25, -0.2) is 39.9 Å². The number of nitrogens with zero attached hydrogens (tertiary/aromatic N) is 10. The highest BCUT2D eigenvalue weighted by Gasteiger charge is 2.26. The summed E-state index contributed by atoms with van der Waals surface area (Å²) in [7, 11) is 0. The Hall–Kier alpha value is -15.7. The van der Waals surface area contributed by atoms with Crippen LogP contribution in [0.1, 0.15) is 11.3 Å². The van der Waals surface area contributed by atoms with Crippen molar-refractivity contribution in [3.05, 3.63) is 376 Å². The predicted molar refractivity (Wildman–Crippen MR) is 484 cm³/mol. The van der Waals surface area contributed by atoms with Gasteiger partial charge in [-0.2, -0.15) is 0 Å². The molecule has 0 saturated heterocycles. The average molecular weight is 1540 g/mol. The number of aryl methyl sites for hydroxylation is 2. The van der Waals surface area contributed by atoms with Gasteiger partial charge < -0.3 is 8.83 Å². The van der Waals surface area contributed by atoms with E-state index in [1.54, 1.807) is 0 Å². The lowest BCUT2D eigenvalue weighted by Gasteiger charge is -2.18. The van der Waals surface area contributed by atoms with E-state index in [0.717, 1.165) is 174 Å². The molecule has 1 aliphatic carbocycles. The van der Waals surface area contributed by atoms with E-state index in [1.807, 2.05) is 78.1 Å². The van der Waals surface area contributed by atoms with Crippen molar-refractivity contribution in [2.45, 2.75) is 12.8 Å². The number of thiophene rings is 1. The van der Waals surface area contributed by atoms with Gasteiger partial charge in [-0.3, -0.25) is 8.80 Å². The summed E-state index contributed by atoms with van der Waals surface area (Å²) in [6.07, 6.45) is 6.05. The summed E-state index contributed by atoms with van der Waals surface area (Å²) in [5.41, 5.74) is 27.0. The Morgan fingerprint density at radius 2 is 0.622 bits per heavy atom. The third-order valence-electron chi connectivity index (χ3n) is 23.4. The van der Waals surface area contributed by atoms with Crippen LogP contribution >= 0.6 is 11.3 Å². The molecule has 0 fully saturated rings. The molecule has 0 atom stereocenters. The Bertz CT molecular complexity index is 8100. The molecular formula is C106H64N10O2S. The smallest absolute Gasteiger partial charge is 0.164 e. The van der Waals surface area contributed by atoms with E-state index in [9.17, 15) is 0 Å². The van der Waals surface area contributed by atoms with Crippen LogP contribution in [0, 0.1) is 0 Å². The normalized spacial score (nSPS) is 12.1. The highest BCUT2D eigenvalue weighted by atomic mass is 32.1. The second-order valence-electron chi connectivity index (χ2n) is 30.5. The Morgan fingerprint density at radius 1 is 0.235 bits per heavy atom. The van der Waals surface area contributed by atoms with Gasteiger partial charge in [0.15, 0.2) is 46.1 Å². The molecule has 119 heavy (non-hydrogen) atoms. The Labute approximate surface area is 684 Å². The zero-order valence-corrected chi connectivity index (χ0v) is 64.6. The number of benzene rings is 15. The van der Waals surface area contributed by atoms with Gasteiger partial charge in [-0.1, -0.05) is 297 Å². The molecule has 25 rings (SSSR count). The van der Waals surface area contributed by atoms with Crippen molar-refractivity contribution in [3.8, 4) is 124 Å². The van der Waals surface area contributed by atoms with E-state index in [0.29, 0.717) is 34.9 Å². The van der Waals surface area contributed by atoms with E-state index in [-0.39, 0.29) is 0 Å². The fraction of sp³-hybridized carbons (Fsp3) is 0.0189. The van der Waals surface area contributed by atoms with Crippen LogP contribution in [-0.4, -0.2) is 48.7 Å². The van der Waals surface area contributed by atoms with Crippen LogP contribution in [0.3, 0.4) is 0 Å². The van der Waals surface area contributed by atoms with Gasteiger partial charge in [-0.15, -0.1) is 11.3 Å². The first-order valence-corrected chi connectivity index (χ1v) is 40.8. The molecule has 0 aliphatic heterocycles. The molecule has 1 aliphatic rings. The van der Waals surface area contributed by atoms with Gasteiger partial charge in [0.2, 0.25) is 0 Å². The molecule has 9 heterocycles. The van der Waals surface area contributed by atoms with Crippen molar-refractivity contribution in [2.75, 3.05) is 0 Å². The number of imidazole rings is 2. The number of rotatable bonds is 10. The molecule has 0 saturated carbocycles. The second kappa shape index (κ2) is 27.5. The van der Waals surface area contributed by atoms with Crippen LogP contribution in [0.15, 0.2) is 373 Å². The average Bonchev–Trinajstić information content (AvgIpc) is 1.57. The van der Waals surface area contributed by atoms with Gasteiger partial charge in [0, 0.05) is 91.4 Å². The standard InChI is InChI=1S/C58H35N5O.C48H29N5OS/c1-3-11-36(12-4-1)38-19-25-41(26-20-38)56-60-57(42-27-21-39(22-28-42)37-13-5-2-6-14-37)62-58(61-56)43-29-23-40(24-30-43)44-31-32-48-49(33-44)45-15-7-8-17-47(45)54-55(48)63-35-52-50(34-53(63)59-54)46-16-9-10-18-51(46)64-52;1-2-8-29(9-3-1)46-50-47(52-48(51-46)33-20-23-43-38(25-33)36-11-5-7-13-42(36)55-43)30-16-14-28(15-17-30)31-18-21-34-32(24-31)19-22-39-45(34)53-27-41-37(26-44(53)49-39)35-10-4-6-12-40(35)54-41/h1-35H;1-18,20-21,23-27H,19,22H2. The fourth-order valence-electron chi connectivity index (χ4n) is 17.5. The molecule has 0 spiro atoms. The molecule has 9 aromatic heterocycles. The molecule has 0 bridgehead atoms. The topological polar surface area (TPSA) is 138 Å². The van der Waals surface area contributed by atoms with Gasteiger partial charge in [0.1, 0.15) is 22.5 Å². The second-order valence-corrected chi connectivity index (χ2v) is 31.6. The van der Waals surface area contributed by atoms with Gasteiger partial charge in [0.05, 0.1) is 34.8 Å². The lowest BCUT2D eigenvalue weighted by Crippen LogP contribution is -2.05. The number of hydrogen-bond donors (Lipinski definition) is 0. The van der Waals surface area contributed by atoms with Crippen molar-refractivity contribution in [2.24, 2.45) is 0 Å². The summed E-state index contributed by atoms with van der Waals surface area (Å²) >= 11 is 1.81. The van der Waals surface area contributed by atoms with Crippen LogP contribution in [0.4, 0.5) is 0 Å². The minimum absolute atomic E-state index is 0.615. The molecule has 556 valence electrons. The maximum atomic E-state index is 6.33. The molecule has 12 nitrogen and oxygen atoms in total. The summed E-state index contributed by atoms with van der Waals surface area (Å²) in [4.78, 5) is 40.6. The maximum absolute atomic E-state index is 6.33. The molecular weight excluding hydrogens is 1480 g/mol. The van der Waals surface area contributed by atoms with Crippen molar-refractivity contribution >= 4 is 119 Å². The zero-order chi connectivity index (χ0) is 78.2. The van der Waals surface area contributed by atoms with Crippen molar-refractivity contribution < 1.29 is 8.83 Å². The Balaban J connectivity index is 0.000000137. The SMILES string of the molecule is c1ccc(-c2ccc(-c3nc(-c4ccc(-c5ccccc5)cc4)nc(-c4ccc(-c5ccc6c(c5)c5ccccc5c5nc7cc8c(cn7c65)oc5ccccc58)cc4)n3)cc2)cc1.c1ccc(-c2nc(-c3ccc(-c4ccc5c(c4)CCc4nc6cc7c(cn6c4-5)oc4ccccc47)cc3)nc(-c3ccc4sc5ccccc5c4c3)n2)cc1. The van der Waals surface area contributed by atoms with Crippen molar-refractivity contribution in [1.82, 2.24) is 48.7 Å². The summed E-state index contributed by atoms with van der Waals surface area (Å²) < 4.78 is 19.5. The highest BCUT2D eigenvalue weighted by Crippen LogP contribution is 2.44. The summed E-state index contributed by atoms with van der Waals surface area (Å²) in [5.74, 6) is 3.82. The van der Waals surface area contributed by atoms with Crippen LogP contribution in [0.25, 0.3) is 232 Å². The number of hydrogen-bond acceptors (Lipinski definition) is 11. The van der Waals surface area contributed by atoms with Crippen LogP contribution in [-0.2, 0) is 12.8 Å². The van der Waals surface area contributed by atoms with E-state index >= 15 is 0 Å². The highest BCUT2D eigenvalue weighted by molar-refractivity contribution is 7.25. The number of furan rings is 2. The van der Waals surface area contributed by atoms with E-state index in [4.69, 9.17) is 48.7 Å². The number of para-hydroxylation sites is 2. The lowest BCUT2D eigenvalue weighted by molar-refractivity contribution is 0.666. The quantitative estimate of drug-likeness (QED) is 0.122. The number of aromatic nitrogens is 10. The van der Waals surface area contributed by atoms with Crippen molar-refractivity contribution in [3.63, 3.8) is 0 Å². The first-order valence-electron chi connectivity index (χ1n) is 39.9. The number of fused-ring (bicyclic) bond motifs is 22. The molecule has 15 aromatic carbocycles. The van der Waals surface area contributed by atoms with E-state index in [1.165, 1.54) is 47.6 Å². The first-order chi connectivity index (χ1) is 58.9. The van der Waals surface area contributed by atoms with Gasteiger partial charge in [-0.05, 0) is 128 Å². The molecule has 13 heteroatoms.